The molecule has 6 nitrogen and oxygen atoms in total. The van der Waals surface area contributed by atoms with Gasteiger partial charge >= 0.3 is 10.4 Å². The first kappa shape index (κ1) is 21.3. The van der Waals surface area contributed by atoms with Gasteiger partial charge in [0.05, 0.1) is 6.61 Å². The molecular weight excluding hydrogens is 306 g/mol. The normalized spacial score (nSPS) is 11.5. The van der Waals surface area contributed by atoms with E-state index >= 15 is 0 Å². The summed E-state index contributed by atoms with van der Waals surface area (Å²) >= 11 is 0. The van der Waals surface area contributed by atoms with Crippen LogP contribution in [0, 0.1) is 0 Å². The Morgan fingerprint density at radius 3 is 1.82 bits per heavy atom. The Kier molecular flexibility index (Phi) is 13.5. The van der Waals surface area contributed by atoms with E-state index in [-0.39, 0.29) is 12.5 Å². The minimum Gasteiger partial charge on any atom is -0.356 e. The van der Waals surface area contributed by atoms with Crippen LogP contribution in [-0.4, -0.2) is 32.0 Å². The molecule has 0 aromatic carbocycles. The van der Waals surface area contributed by atoms with Crippen molar-refractivity contribution in [2.75, 3.05) is 13.2 Å². The van der Waals surface area contributed by atoms with Crippen LogP contribution in [0.3, 0.4) is 0 Å². The van der Waals surface area contributed by atoms with Gasteiger partial charge in [-0.2, -0.15) is 8.42 Å². The summed E-state index contributed by atoms with van der Waals surface area (Å²) in [5.41, 5.74) is 0. The first-order valence-corrected chi connectivity index (χ1v) is 9.70. The minimum atomic E-state index is -4.27. The Labute approximate surface area is 135 Å². The molecule has 7 heteroatoms. The molecule has 0 aliphatic heterocycles. The van der Waals surface area contributed by atoms with E-state index in [0.29, 0.717) is 12.8 Å². The van der Waals surface area contributed by atoms with Gasteiger partial charge < -0.3 is 5.32 Å². The fourth-order valence-electron chi connectivity index (χ4n) is 2.16. The van der Waals surface area contributed by atoms with E-state index in [2.05, 4.69) is 9.50 Å². The molecular formula is C15H31NO5S. The molecule has 0 bridgehead atoms. The summed E-state index contributed by atoms with van der Waals surface area (Å²) < 4.78 is 33.2. The highest BCUT2D eigenvalue weighted by molar-refractivity contribution is 7.80. The van der Waals surface area contributed by atoms with E-state index < -0.39 is 10.4 Å². The highest BCUT2D eigenvalue weighted by atomic mass is 32.3. The van der Waals surface area contributed by atoms with Crippen molar-refractivity contribution in [3.63, 3.8) is 0 Å². The fraction of sp³-hybridized carbons (Fsp3) is 0.933. The lowest BCUT2D eigenvalue weighted by Crippen LogP contribution is -2.23. The Morgan fingerprint density at radius 1 is 0.909 bits per heavy atom. The first-order valence-electron chi connectivity index (χ1n) is 8.34. The highest BCUT2D eigenvalue weighted by Crippen LogP contribution is 2.10. The zero-order valence-electron chi connectivity index (χ0n) is 13.7. The smallest absolute Gasteiger partial charge is 0.356 e. The Balaban J connectivity index is 3.10. The molecule has 0 saturated carbocycles. The van der Waals surface area contributed by atoms with E-state index in [0.717, 1.165) is 38.6 Å². The Bertz CT molecular complexity index is 370. The van der Waals surface area contributed by atoms with Gasteiger partial charge in [-0.25, -0.2) is 4.18 Å². The highest BCUT2D eigenvalue weighted by Gasteiger charge is 2.02. The van der Waals surface area contributed by atoms with Gasteiger partial charge in [0.2, 0.25) is 5.91 Å². The molecule has 0 radical (unpaired) electrons. The molecule has 132 valence electrons. The summed E-state index contributed by atoms with van der Waals surface area (Å²) in [6, 6.07) is 0. The second-order valence-electron chi connectivity index (χ2n) is 5.49. The second-order valence-corrected chi connectivity index (χ2v) is 6.58. The van der Waals surface area contributed by atoms with Crippen molar-refractivity contribution in [2.45, 2.75) is 77.6 Å². The standard InChI is InChI=1S/C15H31NO5S/c1-2-15(17)16-13-11-9-7-5-3-4-6-8-10-12-14-21-22(18,19)20/h2-14H2,1H3,(H,16,17)(H,18,19,20). The summed E-state index contributed by atoms with van der Waals surface area (Å²) in [4.78, 5) is 11.0. The predicted molar refractivity (Wildman–Crippen MR) is 87.0 cm³/mol. The molecule has 0 unspecified atom stereocenters. The number of rotatable bonds is 15. The summed E-state index contributed by atoms with van der Waals surface area (Å²) in [6.45, 7) is 2.71. The lowest BCUT2D eigenvalue weighted by molar-refractivity contribution is -0.120. The number of nitrogens with one attached hydrogen (secondary N) is 1. The van der Waals surface area contributed by atoms with E-state index in [1.807, 2.05) is 6.92 Å². The maximum Gasteiger partial charge on any atom is 0.397 e. The molecule has 0 spiro atoms. The Hall–Kier alpha value is -0.660. The third-order valence-corrected chi connectivity index (χ3v) is 3.91. The van der Waals surface area contributed by atoms with Gasteiger partial charge in [0, 0.05) is 13.0 Å². The minimum absolute atomic E-state index is 0.0629. The van der Waals surface area contributed by atoms with Crippen molar-refractivity contribution in [1.29, 1.82) is 0 Å². The average Bonchev–Trinajstić information content (AvgIpc) is 2.46. The van der Waals surface area contributed by atoms with Crippen molar-refractivity contribution >= 4 is 16.3 Å². The van der Waals surface area contributed by atoms with Crippen LogP contribution < -0.4 is 5.32 Å². The molecule has 1 amide bonds. The van der Waals surface area contributed by atoms with Crippen molar-refractivity contribution < 1.29 is 21.9 Å². The van der Waals surface area contributed by atoms with Gasteiger partial charge in [-0.1, -0.05) is 58.3 Å². The zero-order valence-corrected chi connectivity index (χ0v) is 14.5. The van der Waals surface area contributed by atoms with Crippen LogP contribution >= 0.6 is 0 Å². The van der Waals surface area contributed by atoms with E-state index in [4.69, 9.17) is 4.55 Å². The predicted octanol–water partition coefficient (Wildman–Crippen LogP) is 3.23. The number of hydrogen-bond acceptors (Lipinski definition) is 4. The molecule has 0 aromatic heterocycles. The van der Waals surface area contributed by atoms with Crippen LogP contribution in [0.1, 0.15) is 77.6 Å². The molecule has 2 N–H and O–H groups in total. The molecule has 0 aliphatic carbocycles. The number of unbranched alkanes of at least 4 members (excludes halogenated alkanes) is 9. The lowest BCUT2D eigenvalue weighted by atomic mass is 10.1. The van der Waals surface area contributed by atoms with Crippen molar-refractivity contribution in [3.8, 4) is 0 Å². The second kappa shape index (κ2) is 14.0. The van der Waals surface area contributed by atoms with Crippen LogP contribution in [0.2, 0.25) is 0 Å². The maximum atomic E-state index is 11.0. The number of carbonyl (C=O) groups is 1. The van der Waals surface area contributed by atoms with Gasteiger partial charge in [-0.15, -0.1) is 0 Å². The molecule has 0 rings (SSSR count). The summed E-state index contributed by atoms with van der Waals surface area (Å²) in [7, 11) is -4.27. The molecule has 0 saturated heterocycles. The molecule has 0 aliphatic rings. The van der Waals surface area contributed by atoms with E-state index in [1.54, 1.807) is 0 Å². The Morgan fingerprint density at radius 2 is 1.36 bits per heavy atom. The summed E-state index contributed by atoms with van der Waals surface area (Å²) in [5, 5.41) is 2.87. The van der Waals surface area contributed by atoms with E-state index in [9.17, 15) is 13.2 Å². The van der Waals surface area contributed by atoms with Crippen LogP contribution in [0.5, 0.6) is 0 Å². The molecule has 0 fully saturated rings. The van der Waals surface area contributed by atoms with Gasteiger partial charge in [0.25, 0.3) is 0 Å². The van der Waals surface area contributed by atoms with Gasteiger partial charge in [0.1, 0.15) is 0 Å². The average molecular weight is 337 g/mol. The third-order valence-electron chi connectivity index (χ3n) is 3.45. The lowest BCUT2D eigenvalue weighted by Gasteiger charge is -2.04. The van der Waals surface area contributed by atoms with Crippen LogP contribution in [0.15, 0.2) is 0 Å². The van der Waals surface area contributed by atoms with Gasteiger partial charge in [-0.05, 0) is 12.8 Å². The topological polar surface area (TPSA) is 92.7 Å². The van der Waals surface area contributed by atoms with Crippen molar-refractivity contribution in [3.05, 3.63) is 0 Å². The van der Waals surface area contributed by atoms with Crippen molar-refractivity contribution in [2.24, 2.45) is 0 Å². The fourth-order valence-corrected chi connectivity index (χ4v) is 2.49. The van der Waals surface area contributed by atoms with Crippen LogP contribution in [0.4, 0.5) is 0 Å². The number of hydrogen-bond donors (Lipinski definition) is 2. The number of carbonyl (C=O) groups excluding carboxylic acids is 1. The quantitative estimate of drug-likeness (QED) is 0.353. The van der Waals surface area contributed by atoms with Gasteiger partial charge in [0.15, 0.2) is 0 Å². The summed E-state index contributed by atoms with van der Waals surface area (Å²) in [5.74, 6) is 0.127. The molecule has 0 heterocycles. The van der Waals surface area contributed by atoms with E-state index in [1.165, 1.54) is 25.7 Å². The molecule has 0 atom stereocenters. The van der Waals surface area contributed by atoms with Crippen LogP contribution in [0.25, 0.3) is 0 Å². The zero-order chi connectivity index (χ0) is 16.7. The van der Waals surface area contributed by atoms with Gasteiger partial charge in [-0.3, -0.25) is 9.35 Å². The monoisotopic (exact) mass is 337 g/mol. The maximum absolute atomic E-state index is 11.0. The molecule has 22 heavy (non-hydrogen) atoms. The largest absolute Gasteiger partial charge is 0.397 e. The third kappa shape index (κ3) is 17.4. The molecule has 0 aromatic rings. The van der Waals surface area contributed by atoms with Crippen molar-refractivity contribution in [1.82, 2.24) is 5.32 Å². The number of amides is 1. The van der Waals surface area contributed by atoms with Crippen LogP contribution in [-0.2, 0) is 19.4 Å². The first-order chi connectivity index (χ1) is 10.5. The SMILES string of the molecule is CCC(=O)NCCCCCCCCCCCCOS(=O)(=O)O. The summed E-state index contributed by atoms with van der Waals surface area (Å²) in [6.07, 6.45) is 11.4.